The molecular weight excluding hydrogens is 262 g/mol. The summed E-state index contributed by atoms with van der Waals surface area (Å²) in [5.74, 6) is 0.298. The number of ether oxygens (including phenoxy) is 1. The number of aromatic amines is 1. The van der Waals surface area contributed by atoms with Gasteiger partial charge in [-0.2, -0.15) is 0 Å². The fourth-order valence-corrected chi connectivity index (χ4v) is 1.98. The molecule has 0 amide bonds. The van der Waals surface area contributed by atoms with Gasteiger partial charge in [-0.1, -0.05) is 24.3 Å². The Hall–Kier alpha value is -1.74. The van der Waals surface area contributed by atoms with Crippen LogP contribution in [0.25, 0.3) is 17.0 Å². The Balaban J connectivity index is 2.25. The lowest BCUT2D eigenvalue weighted by Gasteiger charge is -1.97. The van der Waals surface area contributed by atoms with Crippen LogP contribution in [0, 0.1) is 0 Å². The van der Waals surface area contributed by atoms with E-state index < -0.39 is 0 Å². The first-order chi connectivity index (χ1) is 9.24. The molecular formula is C15H16ClNO2. The summed E-state index contributed by atoms with van der Waals surface area (Å²) in [5.41, 5.74) is 2.49. The van der Waals surface area contributed by atoms with Crippen molar-refractivity contribution in [2.45, 2.75) is 13.3 Å². The predicted molar refractivity (Wildman–Crippen MR) is 78.6 cm³/mol. The molecule has 0 atom stereocenters. The van der Waals surface area contributed by atoms with E-state index in [9.17, 15) is 4.79 Å². The number of alkyl halides is 1. The number of fused-ring (bicyclic) bond motifs is 1. The largest absolute Gasteiger partial charge is 0.461 e. The summed E-state index contributed by atoms with van der Waals surface area (Å²) in [6.07, 6.45) is 4.90. The first kappa shape index (κ1) is 13.7. The fraction of sp³-hybridized carbons (Fsp3) is 0.267. The standard InChI is InChI=1S/C15H16ClNO2/c1-2-19-15(18)14-10-12-7-6-11(5-3-4-8-16)9-13(12)17-14/h3,5-7,9-10,17H,2,4,8H2,1H3. The quantitative estimate of drug-likeness (QED) is 0.663. The van der Waals surface area contributed by atoms with Crippen LogP contribution >= 0.6 is 11.6 Å². The van der Waals surface area contributed by atoms with Crippen LogP contribution in [0.4, 0.5) is 0 Å². The van der Waals surface area contributed by atoms with E-state index in [0.29, 0.717) is 18.2 Å². The minimum absolute atomic E-state index is 0.321. The minimum Gasteiger partial charge on any atom is -0.461 e. The topological polar surface area (TPSA) is 42.1 Å². The summed E-state index contributed by atoms with van der Waals surface area (Å²) >= 11 is 5.62. The van der Waals surface area contributed by atoms with Crippen molar-refractivity contribution in [1.29, 1.82) is 0 Å². The van der Waals surface area contributed by atoms with Crippen LogP contribution in [-0.2, 0) is 4.74 Å². The molecule has 1 heterocycles. The molecule has 1 aromatic heterocycles. The van der Waals surface area contributed by atoms with E-state index in [0.717, 1.165) is 22.9 Å². The molecule has 0 aliphatic carbocycles. The molecule has 4 heteroatoms. The summed E-state index contributed by atoms with van der Waals surface area (Å²) in [6.45, 7) is 2.17. The average Bonchev–Trinajstić information content (AvgIpc) is 2.82. The Morgan fingerprint density at radius 2 is 2.26 bits per heavy atom. The van der Waals surface area contributed by atoms with Crippen LogP contribution in [0.2, 0.25) is 0 Å². The third-order valence-electron chi connectivity index (χ3n) is 2.73. The lowest BCUT2D eigenvalue weighted by molar-refractivity contribution is 0.0520. The molecule has 19 heavy (non-hydrogen) atoms. The third kappa shape index (κ3) is 3.38. The maximum atomic E-state index is 11.6. The maximum absolute atomic E-state index is 11.6. The zero-order valence-corrected chi connectivity index (χ0v) is 11.5. The van der Waals surface area contributed by atoms with Gasteiger partial charge in [0, 0.05) is 16.8 Å². The minimum atomic E-state index is -0.321. The zero-order valence-electron chi connectivity index (χ0n) is 10.8. The first-order valence-electron chi connectivity index (χ1n) is 6.27. The van der Waals surface area contributed by atoms with Gasteiger partial charge in [0.05, 0.1) is 6.61 Å². The average molecular weight is 278 g/mol. The van der Waals surface area contributed by atoms with Gasteiger partial charge in [0.1, 0.15) is 5.69 Å². The van der Waals surface area contributed by atoms with E-state index in [1.165, 1.54) is 0 Å². The Labute approximate surface area is 117 Å². The molecule has 0 unspecified atom stereocenters. The maximum Gasteiger partial charge on any atom is 0.354 e. The van der Waals surface area contributed by atoms with Gasteiger partial charge in [-0.3, -0.25) is 0 Å². The molecule has 2 rings (SSSR count). The highest BCUT2D eigenvalue weighted by molar-refractivity contribution is 6.17. The van der Waals surface area contributed by atoms with Gasteiger partial charge in [0.25, 0.3) is 0 Å². The molecule has 100 valence electrons. The predicted octanol–water partition coefficient (Wildman–Crippen LogP) is 3.99. The molecule has 0 saturated carbocycles. The Kier molecular flexibility index (Phi) is 4.63. The smallest absolute Gasteiger partial charge is 0.354 e. The van der Waals surface area contributed by atoms with E-state index in [2.05, 4.69) is 4.98 Å². The molecule has 1 N–H and O–H groups in total. The van der Waals surface area contributed by atoms with Crippen molar-refractivity contribution in [3.8, 4) is 0 Å². The van der Waals surface area contributed by atoms with Crippen molar-refractivity contribution in [2.24, 2.45) is 0 Å². The summed E-state index contributed by atoms with van der Waals surface area (Å²) in [5, 5.41) is 0.998. The van der Waals surface area contributed by atoms with Crippen molar-refractivity contribution in [3.05, 3.63) is 41.6 Å². The van der Waals surface area contributed by atoms with Crippen LogP contribution in [0.1, 0.15) is 29.4 Å². The van der Waals surface area contributed by atoms with E-state index in [4.69, 9.17) is 16.3 Å². The Bertz CT molecular complexity index is 601. The Morgan fingerprint density at radius 1 is 1.42 bits per heavy atom. The number of esters is 1. The lowest BCUT2D eigenvalue weighted by Crippen LogP contribution is -2.04. The normalized spacial score (nSPS) is 11.3. The van der Waals surface area contributed by atoms with Crippen LogP contribution in [0.3, 0.4) is 0 Å². The van der Waals surface area contributed by atoms with E-state index in [1.807, 2.05) is 30.4 Å². The molecule has 0 spiro atoms. The highest BCUT2D eigenvalue weighted by atomic mass is 35.5. The van der Waals surface area contributed by atoms with Crippen LogP contribution < -0.4 is 0 Å². The highest BCUT2D eigenvalue weighted by Gasteiger charge is 2.09. The number of halogens is 1. The van der Waals surface area contributed by atoms with Crippen LogP contribution in [-0.4, -0.2) is 23.4 Å². The number of aromatic nitrogens is 1. The number of carbonyl (C=O) groups is 1. The van der Waals surface area contributed by atoms with Crippen LogP contribution in [0.15, 0.2) is 30.3 Å². The third-order valence-corrected chi connectivity index (χ3v) is 2.95. The summed E-state index contributed by atoms with van der Waals surface area (Å²) in [4.78, 5) is 14.7. The lowest BCUT2D eigenvalue weighted by atomic mass is 10.1. The summed E-state index contributed by atoms with van der Waals surface area (Å²) in [7, 11) is 0. The number of allylic oxidation sites excluding steroid dienone is 1. The van der Waals surface area contributed by atoms with Gasteiger partial charge in [-0.25, -0.2) is 4.79 Å². The van der Waals surface area contributed by atoms with Gasteiger partial charge < -0.3 is 9.72 Å². The van der Waals surface area contributed by atoms with Crippen LogP contribution in [0.5, 0.6) is 0 Å². The SMILES string of the molecule is CCOC(=O)c1cc2ccc(C=CCCCl)cc2[nH]1. The van der Waals surface area contributed by atoms with E-state index in [-0.39, 0.29) is 5.97 Å². The van der Waals surface area contributed by atoms with Gasteiger partial charge in [0.2, 0.25) is 0 Å². The molecule has 0 saturated heterocycles. The Morgan fingerprint density at radius 3 is 3.00 bits per heavy atom. The van der Waals surface area contributed by atoms with Gasteiger partial charge in [0.15, 0.2) is 0 Å². The second kappa shape index (κ2) is 6.43. The zero-order chi connectivity index (χ0) is 13.7. The summed E-state index contributed by atoms with van der Waals surface area (Å²) in [6, 6.07) is 7.80. The van der Waals surface area contributed by atoms with Gasteiger partial charge in [-0.15, -0.1) is 11.6 Å². The molecule has 2 aromatic rings. The fourth-order valence-electron chi connectivity index (χ4n) is 1.85. The van der Waals surface area contributed by atoms with Gasteiger partial charge in [-0.05, 0) is 31.0 Å². The number of benzene rings is 1. The molecule has 1 aromatic carbocycles. The van der Waals surface area contributed by atoms with Crippen molar-refractivity contribution in [3.63, 3.8) is 0 Å². The van der Waals surface area contributed by atoms with Gasteiger partial charge >= 0.3 is 5.97 Å². The van der Waals surface area contributed by atoms with Crippen molar-refractivity contribution in [2.75, 3.05) is 12.5 Å². The van der Waals surface area contributed by atoms with Crippen molar-refractivity contribution in [1.82, 2.24) is 4.98 Å². The number of carbonyl (C=O) groups excluding carboxylic acids is 1. The number of nitrogens with one attached hydrogen (secondary N) is 1. The molecule has 0 radical (unpaired) electrons. The monoisotopic (exact) mass is 277 g/mol. The molecule has 0 aliphatic rings. The number of hydrogen-bond acceptors (Lipinski definition) is 2. The molecule has 0 aliphatic heterocycles. The second-order valence-corrected chi connectivity index (χ2v) is 4.51. The van der Waals surface area contributed by atoms with Crippen molar-refractivity contribution < 1.29 is 9.53 Å². The number of H-pyrrole nitrogens is 1. The molecule has 0 fully saturated rings. The van der Waals surface area contributed by atoms with E-state index >= 15 is 0 Å². The first-order valence-corrected chi connectivity index (χ1v) is 6.80. The number of rotatable bonds is 5. The number of hydrogen-bond donors (Lipinski definition) is 1. The molecule has 3 nitrogen and oxygen atoms in total. The van der Waals surface area contributed by atoms with E-state index in [1.54, 1.807) is 13.0 Å². The highest BCUT2D eigenvalue weighted by Crippen LogP contribution is 2.18. The summed E-state index contributed by atoms with van der Waals surface area (Å²) < 4.78 is 4.97. The second-order valence-electron chi connectivity index (χ2n) is 4.13. The molecule has 0 bridgehead atoms. The van der Waals surface area contributed by atoms with Crippen molar-refractivity contribution >= 4 is 34.5 Å².